The lowest BCUT2D eigenvalue weighted by atomic mass is 9.83. The van der Waals surface area contributed by atoms with Gasteiger partial charge in [-0.3, -0.25) is 14.4 Å². The van der Waals surface area contributed by atoms with E-state index in [1.807, 2.05) is 55.5 Å². The first-order valence-electron chi connectivity index (χ1n) is 13.8. The number of aryl methyl sites for hydroxylation is 1. The Bertz CT molecular complexity index is 2070. The summed E-state index contributed by atoms with van der Waals surface area (Å²) in [5.41, 5.74) is 1.74. The second-order valence-corrected chi connectivity index (χ2v) is 11.4. The van der Waals surface area contributed by atoms with E-state index in [0.717, 1.165) is 11.1 Å². The first-order chi connectivity index (χ1) is 20.9. The Labute approximate surface area is 250 Å². The fourth-order valence-corrected chi connectivity index (χ4v) is 6.60. The molecule has 4 heterocycles. The molecule has 0 bridgehead atoms. The van der Waals surface area contributed by atoms with Crippen LogP contribution >= 0.6 is 11.6 Å². The van der Waals surface area contributed by atoms with Crippen LogP contribution in [0.5, 0.6) is 11.5 Å². The lowest BCUT2D eigenvalue weighted by Crippen LogP contribution is -2.52. The van der Waals surface area contributed by atoms with Gasteiger partial charge in [-0.1, -0.05) is 59.6 Å². The second-order valence-electron chi connectivity index (χ2n) is 11.0. The van der Waals surface area contributed by atoms with Crippen LogP contribution in [0.15, 0.2) is 94.1 Å². The summed E-state index contributed by atoms with van der Waals surface area (Å²) in [6.45, 7) is 2.22. The summed E-state index contributed by atoms with van der Waals surface area (Å²) in [5.74, 6) is 0.0798. The lowest BCUT2D eigenvalue weighted by Gasteiger charge is -2.34. The van der Waals surface area contributed by atoms with Crippen molar-refractivity contribution in [3.63, 3.8) is 0 Å². The SMILES string of the molecule is Cc1ccc2oc3c(c(=O)c2c1)C1(C(=O)N(Cc2ccc(Cl)cc2)c2ccccc21)N(Cc1ccc2c(c1)OCO2)C3=O. The Morgan fingerprint density at radius 2 is 1.60 bits per heavy atom. The molecule has 8 rings (SSSR count). The molecule has 8 nitrogen and oxygen atoms in total. The average molecular weight is 591 g/mol. The number of carbonyl (C=O) groups excluding carboxylic acids is 2. The van der Waals surface area contributed by atoms with Gasteiger partial charge in [0, 0.05) is 17.1 Å². The third-order valence-corrected chi connectivity index (χ3v) is 8.67. The van der Waals surface area contributed by atoms with Crippen molar-refractivity contribution in [2.45, 2.75) is 25.6 Å². The van der Waals surface area contributed by atoms with Gasteiger partial charge in [0.1, 0.15) is 5.58 Å². The van der Waals surface area contributed by atoms with Gasteiger partial charge in [-0.15, -0.1) is 0 Å². The predicted octanol–water partition coefficient (Wildman–Crippen LogP) is 5.93. The molecular formula is C34H23ClN2O6. The van der Waals surface area contributed by atoms with Gasteiger partial charge >= 0.3 is 0 Å². The monoisotopic (exact) mass is 590 g/mol. The molecule has 0 aliphatic carbocycles. The minimum absolute atomic E-state index is 0.0172. The molecule has 3 aliphatic rings. The van der Waals surface area contributed by atoms with Gasteiger partial charge in [-0.2, -0.15) is 0 Å². The standard InChI is InChI=1S/C34H23ClN2O6/c1-19-6-12-26-23(14-19)30(38)29-31(43-26)32(39)37(17-21-9-13-27-28(15-21)42-18-41-27)34(29)24-4-2-3-5-25(24)36(33(34)40)16-20-7-10-22(35)11-8-20/h2-15H,16-18H2,1H3. The van der Waals surface area contributed by atoms with Crippen molar-refractivity contribution in [2.75, 3.05) is 11.7 Å². The Balaban J connectivity index is 1.38. The maximum absolute atomic E-state index is 15.0. The van der Waals surface area contributed by atoms with E-state index in [1.165, 1.54) is 4.90 Å². The van der Waals surface area contributed by atoms with Crippen LogP contribution in [0, 0.1) is 6.92 Å². The number of nitrogens with zero attached hydrogens (tertiary/aromatic N) is 2. The number of anilines is 1. The third kappa shape index (κ3) is 3.59. The highest BCUT2D eigenvalue weighted by Gasteiger charge is 2.65. The van der Waals surface area contributed by atoms with Crippen molar-refractivity contribution in [2.24, 2.45) is 0 Å². The van der Waals surface area contributed by atoms with Gasteiger partial charge in [0.25, 0.3) is 11.8 Å². The molecule has 0 fully saturated rings. The molecule has 212 valence electrons. The average Bonchev–Trinajstić information content (AvgIpc) is 3.65. The number of fused-ring (bicyclic) bond motifs is 6. The molecule has 0 saturated carbocycles. The van der Waals surface area contributed by atoms with Crippen LogP contribution in [-0.4, -0.2) is 23.5 Å². The molecule has 4 aromatic carbocycles. The largest absolute Gasteiger partial charge is 0.454 e. The number of amides is 2. The van der Waals surface area contributed by atoms with Gasteiger partial charge in [-0.25, -0.2) is 0 Å². The fraction of sp³-hybridized carbons (Fsp3) is 0.147. The van der Waals surface area contributed by atoms with Crippen LogP contribution in [-0.2, 0) is 23.4 Å². The highest BCUT2D eigenvalue weighted by molar-refractivity contribution is 6.30. The Kier molecular flexibility index (Phi) is 5.49. The summed E-state index contributed by atoms with van der Waals surface area (Å²) in [6, 6.07) is 25.2. The second kappa shape index (κ2) is 9.21. The van der Waals surface area contributed by atoms with E-state index in [4.69, 9.17) is 25.5 Å². The summed E-state index contributed by atoms with van der Waals surface area (Å²) >= 11 is 6.13. The van der Waals surface area contributed by atoms with E-state index in [0.29, 0.717) is 44.3 Å². The number of ether oxygens (including phenoxy) is 2. The maximum Gasteiger partial charge on any atom is 0.291 e. The molecule has 0 saturated heterocycles. The molecular weight excluding hydrogens is 568 g/mol. The Morgan fingerprint density at radius 3 is 2.44 bits per heavy atom. The molecule has 1 aromatic heterocycles. The summed E-state index contributed by atoms with van der Waals surface area (Å²) in [7, 11) is 0. The molecule has 1 unspecified atom stereocenters. The maximum atomic E-state index is 15.0. The summed E-state index contributed by atoms with van der Waals surface area (Å²) < 4.78 is 17.2. The zero-order valence-electron chi connectivity index (χ0n) is 22.9. The number of para-hydroxylation sites is 1. The predicted molar refractivity (Wildman–Crippen MR) is 160 cm³/mol. The molecule has 1 atom stereocenters. The van der Waals surface area contributed by atoms with Gasteiger partial charge < -0.3 is 23.7 Å². The highest BCUT2D eigenvalue weighted by Crippen LogP contribution is 2.53. The first-order valence-corrected chi connectivity index (χ1v) is 14.2. The normalized spacial score (nSPS) is 18.2. The van der Waals surface area contributed by atoms with Gasteiger partial charge in [0.05, 0.1) is 23.2 Å². The highest BCUT2D eigenvalue weighted by atomic mass is 35.5. The van der Waals surface area contributed by atoms with E-state index in [9.17, 15) is 14.4 Å². The molecule has 0 N–H and O–H groups in total. The minimum atomic E-state index is -1.75. The summed E-state index contributed by atoms with van der Waals surface area (Å²) in [6.07, 6.45) is 0. The quantitative estimate of drug-likeness (QED) is 0.258. The molecule has 3 aliphatic heterocycles. The number of carbonyl (C=O) groups is 2. The van der Waals surface area contributed by atoms with Crippen molar-refractivity contribution in [1.29, 1.82) is 0 Å². The Hall–Kier alpha value is -5.08. The van der Waals surface area contributed by atoms with Crippen LogP contribution < -0.4 is 19.8 Å². The van der Waals surface area contributed by atoms with Crippen molar-refractivity contribution >= 4 is 40.1 Å². The molecule has 5 aromatic rings. The van der Waals surface area contributed by atoms with Crippen molar-refractivity contribution < 1.29 is 23.5 Å². The van der Waals surface area contributed by atoms with Gasteiger partial charge in [0.2, 0.25) is 12.6 Å². The Morgan fingerprint density at radius 1 is 0.837 bits per heavy atom. The zero-order chi connectivity index (χ0) is 29.5. The van der Waals surface area contributed by atoms with Gasteiger partial charge in [0.15, 0.2) is 22.5 Å². The molecule has 2 amide bonds. The molecule has 1 spiro atoms. The molecule has 43 heavy (non-hydrogen) atoms. The van der Waals surface area contributed by atoms with Crippen molar-refractivity contribution in [3.05, 3.63) is 134 Å². The number of hydrogen-bond acceptors (Lipinski definition) is 6. The van der Waals surface area contributed by atoms with E-state index >= 15 is 0 Å². The number of halogens is 1. The lowest BCUT2D eigenvalue weighted by molar-refractivity contribution is -0.126. The van der Waals surface area contributed by atoms with E-state index < -0.39 is 22.8 Å². The smallest absolute Gasteiger partial charge is 0.291 e. The summed E-state index contributed by atoms with van der Waals surface area (Å²) in [5, 5.41) is 0.899. The van der Waals surface area contributed by atoms with Crippen LogP contribution in [0.3, 0.4) is 0 Å². The van der Waals surface area contributed by atoms with Crippen LogP contribution in [0.2, 0.25) is 5.02 Å². The topological polar surface area (TPSA) is 89.3 Å². The summed E-state index contributed by atoms with van der Waals surface area (Å²) in [4.78, 5) is 46.9. The van der Waals surface area contributed by atoms with Crippen molar-refractivity contribution in [3.8, 4) is 11.5 Å². The van der Waals surface area contributed by atoms with E-state index in [-0.39, 0.29) is 31.2 Å². The molecule has 0 radical (unpaired) electrons. The fourth-order valence-electron chi connectivity index (χ4n) is 6.48. The number of hydrogen-bond donors (Lipinski definition) is 0. The van der Waals surface area contributed by atoms with Crippen molar-refractivity contribution in [1.82, 2.24) is 4.90 Å². The van der Waals surface area contributed by atoms with Gasteiger partial charge in [-0.05, 0) is 60.5 Å². The number of benzene rings is 4. The molecule has 9 heteroatoms. The van der Waals surface area contributed by atoms with E-state index in [1.54, 1.807) is 41.3 Å². The number of rotatable bonds is 4. The minimum Gasteiger partial charge on any atom is -0.454 e. The third-order valence-electron chi connectivity index (χ3n) is 8.42. The zero-order valence-corrected chi connectivity index (χ0v) is 23.7. The first kappa shape index (κ1) is 25.6. The van der Waals surface area contributed by atoms with Crippen LogP contribution in [0.25, 0.3) is 11.0 Å². The van der Waals surface area contributed by atoms with E-state index in [2.05, 4.69) is 0 Å². The van der Waals surface area contributed by atoms with Crippen LogP contribution in [0.4, 0.5) is 5.69 Å². The van der Waals surface area contributed by atoms with Crippen LogP contribution in [0.1, 0.15) is 38.4 Å².